The smallest absolute Gasteiger partial charge is 0.413 e. The summed E-state index contributed by atoms with van der Waals surface area (Å²) in [5.74, 6) is 0.654. The number of aromatic nitrogens is 1. The Hall–Kier alpha value is -0.990. The first-order valence-corrected chi connectivity index (χ1v) is 5.79. The molecule has 0 unspecified atom stereocenters. The molecule has 1 atom stereocenters. The molecule has 0 amide bonds. The molecule has 0 N–H and O–H groups in total. The molecule has 1 aromatic rings. The van der Waals surface area contributed by atoms with E-state index in [9.17, 15) is 4.57 Å². The average molecular weight is 213 g/mol. The third kappa shape index (κ3) is 1.15. The molecule has 0 aliphatic carbocycles. The van der Waals surface area contributed by atoms with Crippen molar-refractivity contribution in [3.63, 3.8) is 0 Å². The zero-order valence-corrected chi connectivity index (χ0v) is 9.25. The number of hydrogen-bond donors (Lipinski definition) is 0. The van der Waals surface area contributed by atoms with Gasteiger partial charge in [0.1, 0.15) is 5.76 Å². The maximum Gasteiger partial charge on any atom is 0.492 e. The van der Waals surface area contributed by atoms with E-state index in [0.717, 1.165) is 11.3 Å². The van der Waals surface area contributed by atoms with Gasteiger partial charge in [-0.3, -0.25) is 4.52 Å². The highest BCUT2D eigenvalue weighted by molar-refractivity contribution is 7.52. The lowest BCUT2D eigenvalue weighted by molar-refractivity contribution is 0.270. The van der Waals surface area contributed by atoms with Crippen molar-refractivity contribution < 1.29 is 13.6 Å². The van der Waals surface area contributed by atoms with Crippen molar-refractivity contribution >= 4 is 13.3 Å². The number of fused-ring (bicyclic) bond motifs is 1. The minimum absolute atomic E-state index is 0.654. The van der Waals surface area contributed by atoms with Crippen LogP contribution in [0.4, 0.5) is 0 Å². The molecular weight excluding hydrogens is 201 g/mol. The van der Waals surface area contributed by atoms with Gasteiger partial charge >= 0.3 is 7.75 Å². The summed E-state index contributed by atoms with van der Waals surface area (Å²) in [7, 11) is -1.78. The van der Waals surface area contributed by atoms with Gasteiger partial charge in [-0.1, -0.05) is 0 Å². The molecule has 76 valence electrons. The SMILES string of the molecule is CO[P@@]1(=O)OC(C)=C(C)c2cccn21. The lowest BCUT2D eigenvalue weighted by atomic mass is 10.2. The van der Waals surface area contributed by atoms with Crippen LogP contribution in [0.2, 0.25) is 0 Å². The highest BCUT2D eigenvalue weighted by atomic mass is 31.2. The fraction of sp³-hybridized carbons (Fsp3) is 0.333. The maximum atomic E-state index is 12.1. The summed E-state index contributed by atoms with van der Waals surface area (Å²) >= 11 is 0. The molecule has 0 saturated carbocycles. The molecule has 0 saturated heterocycles. The van der Waals surface area contributed by atoms with Crippen molar-refractivity contribution in [1.29, 1.82) is 0 Å². The average Bonchev–Trinajstić information content (AvgIpc) is 2.64. The quantitative estimate of drug-likeness (QED) is 0.673. The lowest BCUT2D eigenvalue weighted by Crippen LogP contribution is -2.10. The Balaban J connectivity index is 2.67. The van der Waals surface area contributed by atoms with Crippen LogP contribution in [-0.2, 0) is 13.6 Å². The van der Waals surface area contributed by atoms with Crippen LogP contribution in [0.5, 0.6) is 0 Å². The first-order chi connectivity index (χ1) is 6.58. The van der Waals surface area contributed by atoms with E-state index in [1.807, 2.05) is 19.1 Å². The first kappa shape index (κ1) is 9.56. The van der Waals surface area contributed by atoms with Gasteiger partial charge < -0.3 is 4.52 Å². The highest BCUT2D eigenvalue weighted by Gasteiger charge is 2.34. The number of hydrogen-bond acceptors (Lipinski definition) is 3. The van der Waals surface area contributed by atoms with Crippen molar-refractivity contribution in [2.24, 2.45) is 0 Å². The fourth-order valence-electron chi connectivity index (χ4n) is 1.47. The van der Waals surface area contributed by atoms with E-state index < -0.39 is 7.75 Å². The third-order valence-corrected chi connectivity index (χ3v) is 4.23. The van der Waals surface area contributed by atoms with Crippen LogP contribution in [0.25, 0.3) is 5.57 Å². The predicted molar refractivity (Wildman–Crippen MR) is 53.8 cm³/mol. The van der Waals surface area contributed by atoms with Crippen molar-refractivity contribution in [3.05, 3.63) is 29.8 Å². The zero-order valence-electron chi connectivity index (χ0n) is 8.35. The standard InChI is InChI=1S/C9H12NO3P/c1-7-8(2)13-14(11,12-3)10-6-4-5-9(7)10/h4-6H,1-3H3/t14-/m1/s1. The molecule has 0 aromatic carbocycles. The van der Waals surface area contributed by atoms with Gasteiger partial charge in [-0.15, -0.1) is 0 Å². The molecule has 2 rings (SSSR count). The van der Waals surface area contributed by atoms with E-state index >= 15 is 0 Å². The van der Waals surface area contributed by atoms with Crippen LogP contribution < -0.4 is 0 Å². The van der Waals surface area contributed by atoms with Gasteiger partial charge in [0, 0.05) is 18.9 Å². The third-order valence-electron chi connectivity index (χ3n) is 2.39. The molecule has 0 spiro atoms. The van der Waals surface area contributed by atoms with E-state index in [1.54, 1.807) is 17.5 Å². The van der Waals surface area contributed by atoms with Crippen molar-refractivity contribution in [3.8, 4) is 0 Å². The molecule has 0 fully saturated rings. The van der Waals surface area contributed by atoms with E-state index in [1.165, 1.54) is 7.11 Å². The molecule has 1 aromatic heterocycles. The summed E-state index contributed by atoms with van der Waals surface area (Å²) in [6.45, 7) is 3.72. The normalized spacial score (nSPS) is 25.9. The Morgan fingerprint density at radius 3 is 2.86 bits per heavy atom. The van der Waals surface area contributed by atoms with Gasteiger partial charge in [-0.2, -0.15) is 0 Å². The summed E-state index contributed by atoms with van der Waals surface area (Å²) < 4.78 is 23.9. The molecule has 1 aliphatic heterocycles. The highest BCUT2D eigenvalue weighted by Crippen LogP contribution is 2.55. The number of rotatable bonds is 1. The molecule has 14 heavy (non-hydrogen) atoms. The van der Waals surface area contributed by atoms with Crippen LogP contribution in [0.3, 0.4) is 0 Å². The molecule has 2 heterocycles. The largest absolute Gasteiger partial charge is 0.492 e. The van der Waals surface area contributed by atoms with E-state index in [2.05, 4.69) is 0 Å². The second-order valence-corrected chi connectivity index (χ2v) is 5.08. The van der Waals surface area contributed by atoms with E-state index in [4.69, 9.17) is 9.05 Å². The van der Waals surface area contributed by atoms with Gasteiger partial charge in [0.2, 0.25) is 0 Å². The second-order valence-electron chi connectivity index (χ2n) is 3.16. The van der Waals surface area contributed by atoms with Crippen molar-refractivity contribution in [1.82, 2.24) is 4.34 Å². The Morgan fingerprint density at radius 2 is 2.21 bits per heavy atom. The topological polar surface area (TPSA) is 40.5 Å². The second kappa shape index (κ2) is 3.01. The summed E-state index contributed by atoms with van der Waals surface area (Å²) in [4.78, 5) is 0. The Bertz CT molecular complexity index is 447. The summed E-state index contributed by atoms with van der Waals surface area (Å²) in [5.41, 5.74) is 1.87. The maximum absolute atomic E-state index is 12.1. The molecule has 4 nitrogen and oxygen atoms in total. The predicted octanol–water partition coefficient (Wildman–Crippen LogP) is 2.87. The molecule has 1 aliphatic rings. The van der Waals surface area contributed by atoms with Gasteiger partial charge in [0.05, 0.1) is 5.69 Å². The summed E-state index contributed by atoms with van der Waals surface area (Å²) in [6, 6.07) is 3.72. The minimum Gasteiger partial charge on any atom is -0.413 e. The van der Waals surface area contributed by atoms with Crippen LogP contribution in [0.15, 0.2) is 24.1 Å². The lowest BCUT2D eigenvalue weighted by Gasteiger charge is -2.26. The van der Waals surface area contributed by atoms with Gasteiger partial charge in [0.25, 0.3) is 0 Å². The van der Waals surface area contributed by atoms with Gasteiger partial charge in [0.15, 0.2) is 0 Å². The Morgan fingerprint density at radius 1 is 1.50 bits per heavy atom. The van der Waals surface area contributed by atoms with Crippen molar-refractivity contribution in [2.45, 2.75) is 13.8 Å². The fourth-order valence-corrected chi connectivity index (χ4v) is 3.02. The summed E-state index contributed by atoms with van der Waals surface area (Å²) in [6.07, 6.45) is 1.70. The first-order valence-electron chi connectivity index (χ1n) is 4.30. The van der Waals surface area contributed by atoms with Crippen LogP contribution in [0, 0.1) is 0 Å². The number of nitrogens with zero attached hydrogens (tertiary/aromatic N) is 1. The van der Waals surface area contributed by atoms with Gasteiger partial charge in [-0.25, -0.2) is 8.90 Å². The zero-order chi connectivity index (χ0) is 10.3. The monoisotopic (exact) mass is 213 g/mol. The Labute approximate surface area is 82.7 Å². The molecular formula is C9H12NO3P. The summed E-state index contributed by atoms with van der Waals surface area (Å²) in [5, 5.41) is 0. The minimum atomic E-state index is -3.17. The van der Waals surface area contributed by atoms with Crippen LogP contribution >= 0.6 is 7.75 Å². The van der Waals surface area contributed by atoms with Gasteiger partial charge in [-0.05, 0) is 26.0 Å². The molecule has 0 radical (unpaired) electrons. The molecule has 5 heteroatoms. The van der Waals surface area contributed by atoms with E-state index in [-0.39, 0.29) is 0 Å². The van der Waals surface area contributed by atoms with Crippen LogP contribution in [-0.4, -0.2) is 11.4 Å². The number of allylic oxidation sites excluding steroid dienone is 2. The Kier molecular flexibility index (Phi) is 2.05. The van der Waals surface area contributed by atoms with Crippen molar-refractivity contribution in [2.75, 3.05) is 7.11 Å². The van der Waals surface area contributed by atoms with Crippen LogP contribution in [0.1, 0.15) is 19.5 Å². The van der Waals surface area contributed by atoms with E-state index in [0.29, 0.717) is 5.76 Å². The molecule has 0 bridgehead atoms.